The Bertz CT molecular complexity index is 651. The van der Waals surface area contributed by atoms with Gasteiger partial charge in [-0.15, -0.1) is 0 Å². The number of aliphatic carboxylic acids is 1. The van der Waals surface area contributed by atoms with Crippen LogP contribution >= 0.6 is 11.6 Å². The Balaban J connectivity index is 3.24. The standard InChI is InChI=1S/C17H21ClN2O3/c1-10(2)20-9-12(8-19)15-7-13(18)4-5-14(15)16(21)6-11(3)17(22)23/h4-5,7-10,16,21H,3,6,19H2,1-2H3,(H,22,23)/b12-8+,20-9?. The van der Waals surface area contributed by atoms with Crippen molar-refractivity contribution in [1.29, 1.82) is 0 Å². The lowest BCUT2D eigenvalue weighted by Gasteiger charge is -2.16. The lowest BCUT2D eigenvalue weighted by Crippen LogP contribution is -2.08. The first kappa shape index (κ1) is 18.9. The molecule has 1 aromatic carbocycles. The molecule has 1 unspecified atom stereocenters. The van der Waals surface area contributed by atoms with Crippen LogP contribution in [-0.2, 0) is 4.79 Å². The summed E-state index contributed by atoms with van der Waals surface area (Å²) in [4.78, 5) is 15.2. The normalized spacial score (nSPS) is 13.5. The van der Waals surface area contributed by atoms with Crippen LogP contribution in [0.3, 0.4) is 0 Å². The fraction of sp³-hybridized carbons (Fsp3) is 0.294. The van der Waals surface area contributed by atoms with Gasteiger partial charge in [-0.2, -0.15) is 0 Å². The van der Waals surface area contributed by atoms with Crippen LogP contribution in [0.25, 0.3) is 5.57 Å². The van der Waals surface area contributed by atoms with Crippen molar-refractivity contribution in [3.05, 3.63) is 52.7 Å². The fourth-order valence-electron chi connectivity index (χ4n) is 1.93. The molecule has 6 heteroatoms. The molecule has 0 spiro atoms. The zero-order valence-corrected chi connectivity index (χ0v) is 13.9. The number of aliphatic imine (C=N–C) groups is 1. The second kappa shape index (κ2) is 8.50. The molecule has 0 aromatic heterocycles. The smallest absolute Gasteiger partial charge is 0.331 e. The molecule has 0 bridgehead atoms. The summed E-state index contributed by atoms with van der Waals surface area (Å²) < 4.78 is 0. The fourth-order valence-corrected chi connectivity index (χ4v) is 2.10. The van der Waals surface area contributed by atoms with Gasteiger partial charge in [0.1, 0.15) is 0 Å². The molecule has 1 rings (SSSR count). The molecule has 0 heterocycles. The van der Waals surface area contributed by atoms with Crippen molar-refractivity contribution in [2.45, 2.75) is 32.4 Å². The second-order valence-electron chi connectivity index (χ2n) is 5.35. The number of halogens is 1. The summed E-state index contributed by atoms with van der Waals surface area (Å²) in [6, 6.07) is 5.02. The highest BCUT2D eigenvalue weighted by molar-refractivity contribution is 6.31. The quantitative estimate of drug-likeness (QED) is 0.526. The van der Waals surface area contributed by atoms with E-state index in [1.165, 1.54) is 6.20 Å². The van der Waals surface area contributed by atoms with E-state index in [4.69, 9.17) is 22.4 Å². The summed E-state index contributed by atoms with van der Waals surface area (Å²) in [6.07, 6.45) is 1.86. The van der Waals surface area contributed by atoms with Crippen molar-refractivity contribution in [3.63, 3.8) is 0 Å². The Hall–Kier alpha value is -2.11. The molecule has 5 nitrogen and oxygen atoms in total. The summed E-state index contributed by atoms with van der Waals surface area (Å²) in [5.74, 6) is -1.14. The second-order valence-corrected chi connectivity index (χ2v) is 5.79. The van der Waals surface area contributed by atoms with Crippen LogP contribution in [0.4, 0.5) is 0 Å². The van der Waals surface area contributed by atoms with Crippen LogP contribution in [-0.4, -0.2) is 28.4 Å². The van der Waals surface area contributed by atoms with Gasteiger partial charge in [-0.05, 0) is 37.1 Å². The molecule has 0 fully saturated rings. The summed E-state index contributed by atoms with van der Waals surface area (Å²) in [6.45, 7) is 7.29. The summed E-state index contributed by atoms with van der Waals surface area (Å²) in [5, 5.41) is 19.7. The molecule has 124 valence electrons. The van der Waals surface area contributed by atoms with E-state index in [2.05, 4.69) is 11.6 Å². The molecule has 0 aliphatic heterocycles. The first-order valence-corrected chi connectivity index (χ1v) is 7.48. The molecule has 4 N–H and O–H groups in total. The topological polar surface area (TPSA) is 95.9 Å². The lowest BCUT2D eigenvalue weighted by molar-refractivity contribution is -0.133. The average Bonchev–Trinajstić information content (AvgIpc) is 2.47. The number of nitrogens with two attached hydrogens (primary N) is 1. The van der Waals surface area contributed by atoms with Gasteiger partial charge in [0.2, 0.25) is 0 Å². The zero-order chi connectivity index (χ0) is 17.6. The maximum absolute atomic E-state index is 10.9. The molecule has 0 radical (unpaired) electrons. The largest absolute Gasteiger partial charge is 0.478 e. The number of benzene rings is 1. The highest BCUT2D eigenvalue weighted by atomic mass is 35.5. The van der Waals surface area contributed by atoms with Crippen LogP contribution < -0.4 is 5.73 Å². The number of carboxylic acid groups (broad SMARTS) is 1. The van der Waals surface area contributed by atoms with Gasteiger partial charge in [0.15, 0.2) is 0 Å². The first-order valence-electron chi connectivity index (χ1n) is 7.10. The number of rotatable bonds is 7. The van der Waals surface area contributed by atoms with Crippen molar-refractivity contribution in [3.8, 4) is 0 Å². The number of hydrogen-bond donors (Lipinski definition) is 3. The highest BCUT2D eigenvalue weighted by Crippen LogP contribution is 2.30. The van der Waals surface area contributed by atoms with E-state index in [0.29, 0.717) is 21.7 Å². The molecular weight excluding hydrogens is 316 g/mol. The van der Waals surface area contributed by atoms with Gasteiger partial charge in [-0.1, -0.05) is 24.2 Å². The van der Waals surface area contributed by atoms with Gasteiger partial charge < -0.3 is 15.9 Å². The van der Waals surface area contributed by atoms with Crippen molar-refractivity contribution >= 4 is 29.4 Å². The Kier molecular flexibility index (Phi) is 7.00. The monoisotopic (exact) mass is 336 g/mol. The summed E-state index contributed by atoms with van der Waals surface area (Å²) >= 11 is 6.04. The third-order valence-corrected chi connectivity index (χ3v) is 3.35. The number of carbonyl (C=O) groups is 1. The molecule has 1 atom stereocenters. The third-order valence-electron chi connectivity index (χ3n) is 3.12. The van der Waals surface area contributed by atoms with Crippen LogP contribution in [0, 0.1) is 0 Å². The third kappa shape index (κ3) is 5.54. The molecule has 23 heavy (non-hydrogen) atoms. The number of allylic oxidation sites excluding steroid dienone is 1. The van der Waals surface area contributed by atoms with E-state index in [-0.39, 0.29) is 18.0 Å². The van der Waals surface area contributed by atoms with E-state index >= 15 is 0 Å². The van der Waals surface area contributed by atoms with Crippen molar-refractivity contribution < 1.29 is 15.0 Å². The maximum Gasteiger partial charge on any atom is 0.331 e. The predicted octanol–water partition coefficient (Wildman–Crippen LogP) is 3.18. The Morgan fingerprint density at radius 2 is 2.13 bits per heavy atom. The SMILES string of the molecule is C=C(CC(O)c1ccc(Cl)cc1/C(C=NC(C)C)=C/N)C(=O)O. The van der Waals surface area contributed by atoms with Crippen molar-refractivity contribution in [1.82, 2.24) is 0 Å². The van der Waals surface area contributed by atoms with Crippen LogP contribution in [0.5, 0.6) is 0 Å². The van der Waals surface area contributed by atoms with Gasteiger partial charge in [-0.25, -0.2) is 4.79 Å². The minimum atomic E-state index is -1.14. The molecule has 0 aliphatic rings. The van der Waals surface area contributed by atoms with Crippen LogP contribution in [0.2, 0.25) is 5.02 Å². The summed E-state index contributed by atoms with van der Waals surface area (Å²) in [5.41, 5.74) is 7.31. The van der Waals surface area contributed by atoms with Crippen molar-refractivity contribution in [2.75, 3.05) is 0 Å². The Labute approximate surface area is 140 Å². The van der Waals surface area contributed by atoms with Gasteiger partial charge in [0.05, 0.1) is 6.10 Å². The highest BCUT2D eigenvalue weighted by Gasteiger charge is 2.18. The predicted molar refractivity (Wildman–Crippen MR) is 93.6 cm³/mol. The minimum absolute atomic E-state index is 0.0764. The number of aliphatic hydroxyl groups excluding tert-OH is 1. The van der Waals surface area contributed by atoms with E-state index in [0.717, 1.165) is 0 Å². The van der Waals surface area contributed by atoms with Crippen LogP contribution in [0.15, 0.2) is 41.5 Å². The lowest BCUT2D eigenvalue weighted by atomic mass is 9.94. The van der Waals surface area contributed by atoms with E-state index in [9.17, 15) is 9.90 Å². The summed E-state index contributed by atoms with van der Waals surface area (Å²) in [7, 11) is 0. The zero-order valence-electron chi connectivity index (χ0n) is 13.2. The average molecular weight is 337 g/mol. The van der Waals surface area contributed by atoms with Gasteiger partial charge in [-0.3, -0.25) is 4.99 Å². The molecule has 0 amide bonds. The number of aliphatic hydroxyl groups is 1. The maximum atomic E-state index is 10.9. The van der Waals surface area contributed by atoms with E-state index < -0.39 is 12.1 Å². The Morgan fingerprint density at radius 3 is 2.65 bits per heavy atom. The van der Waals surface area contributed by atoms with Crippen LogP contribution in [0.1, 0.15) is 37.5 Å². The number of nitrogens with zero attached hydrogens (tertiary/aromatic N) is 1. The van der Waals surface area contributed by atoms with Gasteiger partial charge >= 0.3 is 5.97 Å². The molecular formula is C17H21ClN2O3. The minimum Gasteiger partial charge on any atom is -0.478 e. The Morgan fingerprint density at radius 1 is 1.48 bits per heavy atom. The molecule has 0 saturated carbocycles. The van der Waals surface area contributed by atoms with Crippen molar-refractivity contribution in [2.24, 2.45) is 10.7 Å². The van der Waals surface area contributed by atoms with Gasteiger partial charge in [0, 0.05) is 41.0 Å². The number of hydrogen-bond acceptors (Lipinski definition) is 4. The van der Waals surface area contributed by atoms with E-state index in [1.807, 2.05) is 13.8 Å². The molecule has 1 aromatic rings. The number of carboxylic acids is 1. The van der Waals surface area contributed by atoms with E-state index in [1.54, 1.807) is 24.4 Å². The first-order chi connectivity index (χ1) is 10.8. The molecule has 0 aliphatic carbocycles. The van der Waals surface area contributed by atoms with Gasteiger partial charge in [0.25, 0.3) is 0 Å². The molecule has 0 saturated heterocycles.